The zero-order valence-corrected chi connectivity index (χ0v) is 16.7. The van der Waals surface area contributed by atoms with E-state index in [1.165, 1.54) is 12.4 Å². The third kappa shape index (κ3) is 5.27. The number of rotatable bonds is 6. The first-order valence-corrected chi connectivity index (χ1v) is 9.76. The Labute approximate surface area is 176 Å². The van der Waals surface area contributed by atoms with E-state index in [1.54, 1.807) is 11.0 Å². The highest BCUT2D eigenvalue weighted by Gasteiger charge is 2.31. The van der Waals surface area contributed by atoms with Crippen LogP contribution in [0.3, 0.4) is 0 Å². The zero-order chi connectivity index (χ0) is 21.9. The fraction of sp³-hybridized carbons (Fsp3) is 0.400. The molecule has 0 saturated carbocycles. The summed E-state index contributed by atoms with van der Waals surface area (Å²) in [7, 11) is 0. The Balaban J connectivity index is 1.52. The summed E-state index contributed by atoms with van der Waals surface area (Å²) in [5.74, 6) is -0.417. The predicted molar refractivity (Wildman–Crippen MR) is 105 cm³/mol. The highest BCUT2D eigenvalue weighted by molar-refractivity contribution is 6.35. The number of nitrogens with zero attached hydrogens (tertiary/aromatic N) is 3. The van der Waals surface area contributed by atoms with E-state index in [0.717, 1.165) is 12.1 Å². The molecule has 1 aromatic carbocycles. The Morgan fingerprint density at radius 2 is 2.03 bits per heavy atom. The number of aryl methyl sites for hydroxylation is 1. The van der Waals surface area contributed by atoms with E-state index in [-0.39, 0.29) is 53.4 Å². The highest BCUT2D eigenvalue weighted by atomic mass is 35.5. The molecule has 6 nitrogen and oxygen atoms in total. The molecule has 1 aliphatic rings. The van der Waals surface area contributed by atoms with Crippen LogP contribution in [0.4, 0.5) is 19.0 Å². The zero-order valence-electron chi connectivity index (χ0n) is 16.0. The van der Waals surface area contributed by atoms with Crippen LogP contribution < -0.4 is 5.73 Å². The quantitative estimate of drug-likeness (QED) is 0.690. The Kier molecular flexibility index (Phi) is 6.60. The third-order valence-corrected chi connectivity index (χ3v) is 5.45. The summed E-state index contributed by atoms with van der Waals surface area (Å²) >= 11 is 5.99. The molecule has 2 aromatic rings. The van der Waals surface area contributed by atoms with Crippen molar-refractivity contribution in [1.29, 1.82) is 0 Å². The van der Waals surface area contributed by atoms with Crippen molar-refractivity contribution in [2.75, 3.05) is 18.8 Å². The first-order chi connectivity index (χ1) is 14.1. The normalized spacial score (nSPS) is 16.7. The third-order valence-electron chi connectivity index (χ3n) is 5.08. The number of hydrogen-bond donors (Lipinski definition) is 1. The van der Waals surface area contributed by atoms with Gasteiger partial charge in [0.1, 0.15) is 22.9 Å². The van der Waals surface area contributed by atoms with Crippen LogP contribution in [0.15, 0.2) is 30.6 Å². The minimum absolute atomic E-state index is 0.0227. The Hall–Kier alpha value is -2.68. The van der Waals surface area contributed by atoms with Crippen molar-refractivity contribution in [3.63, 3.8) is 0 Å². The molecular formula is C20H20ClF3N4O2. The SMILES string of the molecule is Nc1ncnc(C(=O)CC2CCN(C(=O)CCc3cccc(C(F)(F)F)c3)C2)c1Cl. The van der Waals surface area contributed by atoms with E-state index in [4.69, 9.17) is 17.3 Å². The molecule has 1 amide bonds. The van der Waals surface area contributed by atoms with Crippen LogP contribution in [0.2, 0.25) is 5.02 Å². The van der Waals surface area contributed by atoms with Crippen molar-refractivity contribution in [1.82, 2.24) is 14.9 Å². The van der Waals surface area contributed by atoms with Gasteiger partial charge in [-0.2, -0.15) is 13.2 Å². The average Bonchev–Trinajstić information content (AvgIpc) is 3.16. The summed E-state index contributed by atoms with van der Waals surface area (Å²) in [5.41, 5.74) is 5.39. The van der Waals surface area contributed by atoms with Gasteiger partial charge in [-0.1, -0.05) is 29.8 Å². The van der Waals surface area contributed by atoms with Gasteiger partial charge in [-0.25, -0.2) is 9.97 Å². The molecule has 1 aliphatic heterocycles. The van der Waals surface area contributed by atoms with Gasteiger partial charge in [-0.3, -0.25) is 9.59 Å². The van der Waals surface area contributed by atoms with Gasteiger partial charge in [0.25, 0.3) is 0 Å². The first kappa shape index (κ1) is 22.0. The van der Waals surface area contributed by atoms with Crippen molar-refractivity contribution >= 4 is 29.1 Å². The number of Topliss-reactive ketones (excluding diaryl/α,β-unsaturated/α-hetero) is 1. The predicted octanol–water partition coefficient (Wildman–Crippen LogP) is 3.79. The molecule has 1 fully saturated rings. The lowest BCUT2D eigenvalue weighted by molar-refractivity contribution is -0.137. The number of carbonyl (C=O) groups is 2. The molecule has 1 atom stereocenters. The van der Waals surface area contributed by atoms with E-state index >= 15 is 0 Å². The van der Waals surface area contributed by atoms with Crippen LogP contribution in [0.25, 0.3) is 0 Å². The molecule has 30 heavy (non-hydrogen) atoms. The van der Waals surface area contributed by atoms with Gasteiger partial charge in [0.2, 0.25) is 5.91 Å². The number of nitrogens with two attached hydrogens (primary N) is 1. The van der Waals surface area contributed by atoms with Gasteiger partial charge in [-0.15, -0.1) is 0 Å². The molecule has 1 aromatic heterocycles. The van der Waals surface area contributed by atoms with Gasteiger partial charge in [0.15, 0.2) is 5.78 Å². The lowest BCUT2D eigenvalue weighted by Crippen LogP contribution is -2.29. The fourth-order valence-corrected chi connectivity index (χ4v) is 3.68. The van der Waals surface area contributed by atoms with Crippen molar-refractivity contribution in [3.8, 4) is 0 Å². The van der Waals surface area contributed by atoms with Crippen LogP contribution in [-0.2, 0) is 17.4 Å². The minimum atomic E-state index is -4.41. The van der Waals surface area contributed by atoms with Gasteiger partial charge >= 0.3 is 6.18 Å². The van der Waals surface area contributed by atoms with Crippen LogP contribution in [0, 0.1) is 5.92 Å². The second-order valence-electron chi connectivity index (χ2n) is 7.24. The molecular weight excluding hydrogens is 421 g/mol. The summed E-state index contributed by atoms with van der Waals surface area (Å²) in [6.07, 6.45) is -2.08. The van der Waals surface area contributed by atoms with E-state index in [1.807, 2.05) is 0 Å². The van der Waals surface area contributed by atoms with E-state index in [0.29, 0.717) is 25.1 Å². The molecule has 0 bridgehead atoms. The van der Waals surface area contributed by atoms with Gasteiger partial charge < -0.3 is 10.6 Å². The molecule has 0 spiro atoms. The summed E-state index contributed by atoms with van der Waals surface area (Å²) in [6, 6.07) is 4.98. The molecule has 160 valence electrons. The summed E-state index contributed by atoms with van der Waals surface area (Å²) < 4.78 is 38.4. The van der Waals surface area contributed by atoms with E-state index in [2.05, 4.69) is 9.97 Å². The number of ketones is 1. The maximum atomic E-state index is 12.8. The lowest BCUT2D eigenvalue weighted by Gasteiger charge is -2.17. The largest absolute Gasteiger partial charge is 0.416 e. The van der Waals surface area contributed by atoms with Gasteiger partial charge in [0.05, 0.1) is 5.56 Å². The summed E-state index contributed by atoms with van der Waals surface area (Å²) in [6.45, 7) is 0.907. The van der Waals surface area contributed by atoms with Crippen molar-refractivity contribution in [2.45, 2.75) is 31.9 Å². The maximum absolute atomic E-state index is 12.8. The molecule has 1 unspecified atom stereocenters. The second-order valence-corrected chi connectivity index (χ2v) is 7.62. The molecule has 0 radical (unpaired) electrons. The molecule has 10 heteroatoms. The van der Waals surface area contributed by atoms with E-state index in [9.17, 15) is 22.8 Å². The number of benzene rings is 1. The number of likely N-dealkylation sites (tertiary alicyclic amines) is 1. The van der Waals surface area contributed by atoms with Gasteiger partial charge in [-0.05, 0) is 30.4 Å². The maximum Gasteiger partial charge on any atom is 0.416 e. The smallest absolute Gasteiger partial charge is 0.382 e. The molecule has 2 heterocycles. The van der Waals surface area contributed by atoms with Crippen molar-refractivity contribution in [3.05, 3.63) is 52.4 Å². The van der Waals surface area contributed by atoms with Crippen LogP contribution >= 0.6 is 11.6 Å². The van der Waals surface area contributed by atoms with Crippen LogP contribution in [-0.4, -0.2) is 39.6 Å². The number of halogens is 4. The molecule has 3 rings (SSSR count). The average molecular weight is 441 g/mol. The van der Waals surface area contributed by atoms with Crippen molar-refractivity contribution < 1.29 is 22.8 Å². The summed E-state index contributed by atoms with van der Waals surface area (Å²) in [4.78, 5) is 34.2. The monoisotopic (exact) mass is 440 g/mol. The topological polar surface area (TPSA) is 89.2 Å². The highest BCUT2D eigenvalue weighted by Crippen LogP contribution is 2.30. The van der Waals surface area contributed by atoms with Crippen molar-refractivity contribution in [2.24, 2.45) is 5.92 Å². The second kappa shape index (κ2) is 8.99. The van der Waals surface area contributed by atoms with Gasteiger partial charge in [0, 0.05) is 25.9 Å². The standard InChI is InChI=1S/C20H20ClF3N4O2/c21-17-18(26-11-27-19(17)25)15(29)9-13-6-7-28(10-13)16(30)5-4-12-2-1-3-14(8-12)20(22,23)24/h1-3,8,11,13H,4-7,9-10H2,(H2,25,26,27). The minimum Gasteiger partial charge on any atom is -0.382 e. The summed E-state index contributed by atoms with van der Waals surface area (Å²) in [5, 5.41) is 0.0227. The van der Waals surface area contributed by atoms with Crippen LogP contribution in [0.5, 0.6) is 0 Å². The molecule has 1 saturated heterocycles. The lowest BCUT2D eigenvalue weighted by atomic mass is 10.00. The molecule has 0 aliphatic carbocycles. The fourth-order valence-electron chi connectivity index (χ4n) is 3.48. The first-order valence-electron chi connectivity index (χ1n) is 9.38. The number of anilines is 1. The molecule has 2 N–H and O–H groups in total. The number of nitrogen functional groups attached to an aromatic ring is 1. The van der Waals surface area contributed by atoms with Crippen LogP contribution in [0.1, 0.15) is 40.9 Å². The number of aromatic nitrogens is 2. The number of hydrogen-bond acceptors (Lipinski definition) is 5. The number of amides is 1. The Bertz CT molecular complexity index is 952. The van der Waals surface area contributed by atoms with E-state index < -0.39 is 11.7 Å². The number of carbonyl (C=O) groups excluding carboxylic acids is 2. The number of alkyl halides is 3. The Morgan fingerprint density at radius 1 is 1.27 bits per heavy atom. The Morgan fingerprint density at radius 3 is 2.77 bits per heavy atom.